The number of ketones is 1. The van der Waals surface area contributed by atoms with E-state index in [1.54, 1.807) is 12.1 Å². The number of aliphatic hydroxyl groups excluding tert-OH is 1. The Labute approximate surface area is 221 Å². The number of aliphatic hydroxyl groups is 1. The van der Waals surface area contributed by atoms with Crippen LogP contribution in [0.2, 0.25) is 0 Å². The lowest BCUT2D eigenvalue weighted by molar-refractivity contribution is -0.212. The number of benzene rings is 1. The van der Waals surface area contributed by atoms with Crippen LogP contribution in [0.25, 0.3) is 0 Å². The molecule has 1 aromatic carbocycles. The lowest BCUT2D eigenvalue weighted by Gasteiger charge is -2.62. The molecule has 0 spiro atoms. The third kappa shape index (κ3) is 4.57. The molecular formula is C29H42O7S. The van der Waals surface area contributed by atoms with Gasteiger partial charge in [-0.3, -0.25) is 8.98 Å². The van der Waals surface area contributed by atoms with Gasteiger partial charge in [0.2, 0.25) is 0 Å². The molecule has 206 valence electrons. The van der Waals surface area contributed by atoms with Crippen molar-refractivity contribution in [1.82, 2.24) is 0 Å². The minimum atomic E-state index is -4.13. The van der Waals surface area contributed by atoms with Gasteiger partial charge in [0.15, 0.2) is 6.61 Å². The number of Topliss-reactive ketones (excluding diaryl/α,β-unsaturated/α-hetero) is 1. The Kier molecular flexibility index (Phi) is 7.45. The number of esters is 1. The van der Waals surface area contributed by atoms with Crippen LogP contribution in [0.1, 0.15) is 78.7 Å². The summed E-state index contributed by atoms with van der Waals surface area (Å²) in [5.74, 6) is -0.846. The molecule has 7 nitrogen and oxygen atoms in total. The highest BCUT2D eigenvalue weighted by Crippen LogP contribution is 2.68. The van der Waals surface area contributed by atoms with Crippen LogP contribution in [-0.2, 0) is 28.6 Å². The van der Waals surface area contributed by atoms with Crippen molar-refractivity contribution in [3.05, 3.63) is 29.8 Å². The standard InChI is InChI=1S/C29H42O7S/c1-7-27(5)16-23(36-24(31)17-35-37(33,34)21-10-8-18(2)9-11-21)28(6)19(3)12-14-29(20(4)26(27)32)15-13-22(30)25(28)29/h8-11,19-20,23,25-26,32H,7,12-17H2,1-6H3. The largest absolute Gasteiger partial charge is 0.460 e. The molecule has 1 N–H and O–H groups in total. The molecule has 4 rings (SSSR count). The van der Waals surface area contributed by atoms with Crippen molar-refractivity contribution in [3.63, 3.8) is 0 Å². The second-order valence-corrected chi connectivity index (χ2v) is 14.0. The van der Waals surface area contributed by atoms with Crippen LogP contribution < -0.4 is 0 Å². The SMILES string of the molecule is CCC1(C)CC(OC(=O)COS(=O)(=O)c2ccc(C)cc2)C2(C)C(C)CCC3(CCC(=O)C32)C(C)C1O. The molecule has 8 heteroatoms. The number of hydrogen-bond donors (Lipinski definition) is 1. The molecule has 8 atom stereocenters. The third-order valence-corrected chi connectivity index (χ3v) is 11.9. The highest BCUT2D eigenvalue weighted by atomic mass is 32.2. The van der Waals surface area contributed by atoms with Gasteiger partial charge in [-0.05, 0) is 73.8 Å². The number of carbonyl (C=O) groups excluding carboxylic acids is 2. The monoisotopic (exact) mass is 534 g/mol. The van der Waals surface area contributed by atoms with Gasteiger partial charge in [-0.15, -0.1) is 0 Å². The van der Waals surface area contributed by atoms with Gasteiger partial charge in [-0.2, -0.15) is 8.42 Å². The molecule has 3 aliphatic carbocycles. The normalized spacial score (nSPS) is 40.0. The summed E-state index contributed by atoms with van der Waals surface area (Å²) in [5.41, 5.74) is -0.570. The van der Waals surface area contributed by atoms with Crippen molar-refractivity contribution in [2.45, 2.75) is 97.2 Å². The van der Waals surface area contributed by atoms with Crippen LogP contribution in [0.5, 0.6) is 0 Å². The van der Waals surface area contributed by atoms with E-state index >= 15 is 0 Å². The first-order valence-electron chi connectivity index (χ1n) is 13.6. The van der Waals surface area contributed by atoms with Crippen LogP contribution in [0, 0.1) is 40.9 Å². The van der Waals surface area contributed by atoms with Gasteiger partial charge >= 0.3 is 5.97 Å². The maximum Gasteiger partial charge on any atom is 0.333 e. The highest BCUT2D eigenvalue weighted by Gasteiger charge is 2.68. The smallest absolute Gasteiger partial charge is 0.333 e. The summed E-state index contributed by atoms with van der Waals surface area (Å²) in [7, 11) is -4.13. The Bertz CT molecular complexity index is 1150. The van der Waals surface area contributed by atoms with Crippen LogP contribution in [0.3, 0.4) is 0 Å². The summed E-state index contributed by atoms with van der Waals surface area (Å²) < 4.78 is 36.4. The number of rotatable bonds is 6. The number of aryl methyl sites for hydroxylation is 1. The van der Waals surface area contributed by atoms with E-state index in [0.717, 1.165) is 24.8 Å². The van der Waals surface area contributed by atoms with Crippen LogP contribution in [0.15, 0.2) is 29.2 Å². The van der Waals surface area contributed by atoms with Gasteiger partial charge in [-0.25, -0.2) is 4.79 Å². The molecule has 0 aromatic heterocycles. The maximum atomic E-state index is 13.5. The number of carbonyl (C=O) groups is 2. The Morgan fingerprint density at radius 3 is 2.41 bits per heavy atom. The first kappa shape index (κ1) is 28.2. The number of ether oxygens (including phenoxy) is 1. The van der Waals surface area contributed by atoms with Gasteiger partial charge in [0.25, 0.3) is 10.1 Å². The lowest BCUT2D eigenvalue weighted by atomic mass is 9.43. The molecule has 0 amide bonds. The molecule has 0 aliphatic heterocycles. The van der Waals surface area contributed by atoms with Crippen molar-refractivity contribution in [1.29, 1.82) is 0 Å². The van der Waals surface area contributed by atoms with E-state index in [1.165, 1.54) is 12.1 Å². The molecule has 3 aliphatic rings. The van der Waals surface area contributed by atoms with Crippen molar-refractivity contribution in [2.75, 3.05) is 6.61 Å². The van der Waals surface area contributed by atoms with Crippen molar-refractivity contribution in [2.24, 2.45) is 34.0 Å². The van der Waals surface area contributed by atoms with Gasteiger partial charge in [0.1, 0.15) is 11.9 Å². The molecule has 8 unspecified atom stereocenters. The lowest BCUT2D eigenvalue weighted by Crippen LogP contribution is -2.63. The van der Waals surface area contributed by atoms with Gasteiger partial charge < -0.3 is 9.84 Å². The fourth-order valence-electron chi connectivity index (χ4n) is 7.80. The first-order valence-corrected chi connectivity index (χ1v) is 15.0. The fourth-order valence-corrected chi connectivity index (χ4v) is 8.66. The molecule has 0 radical (unpaired) electrons. The van der Waals surface area contributed by atoms with E-state index in [4.69, 9.17) is 8.92 Å². The van der Waals surface area contributed by atoms with Crippen molar-refractivity contribution >= 4 is 21.9 Å². The topological polar surface area (TPSA) is 107 Å². The van der Waals surface area contributed by atoms with Crippen molar-refractivity contribution < 1.29 is 32.0 Å². The summed E-state index contributed by atoms with van der Waals surface area (Å²) in [4.78, 5) is 26.5. The predicted molar refractivity (Wildman–Crippen MR) is 139 cm³/mol. The zero-order chi connectivity index (χ0) is 27.4. The summed E-state index contributed by atoms with van der Waals surface area (Å²) >= 11 is 0. The number of hydrogen-bond acceptors (Lipinski definition) is 7. The molecule has 3 saturated carbocycles. The minimum Gasteiger partial charge on any atom is -0.460 e. The summed E-state index contributed by atoms with van der Waals surface area (Å²) in [6.45, 7) is 11.5. The van der Waals surface area contributed by atoms with E-state index in [0.29, 0.717) is 19.3 Å². The quantitative estimate of drug-likeness (QED) is 0.411. The van der Waals surface area contributed by atoms with E-state index in [1.807, 2.05) is 20.8 Å². The molecule has 37 heavy (non-hydrogen) atoms. The molecule has 1 aromatic rings. The van der Waals surface area contributed by atoms with E-state index < -0.39 is 45.7 Å². The van der Waals surface area contributed by atoms with Crippen molar-refractivity contribution in [3.8, 4) is 0 Å². The molecule has 0 heterocycles. The second-order valence-electron chi connectivity index (χ2n) is 12.4. The Balaban J connectivity index is 1.65. The molecule has 0 saturated heterocycles. The van der Waals surface area contributed by atoms with E-state index in [-0.39, 0.29) is 33.8 Å². The van der Waals surface area contributed by atoms with E-state index in [2.05, 4.69) is 20.8 Å². The average Bonchev–Trinajstić information content (AvgIpc) is 3.21. The first-order chi connectivity index (χ1) is 17.2. The Morgan fingerprint density at radius 2 is 1.78 bits per heavy atom. The second kappa shape index (κ2) is 9.76. The zero-order valence-electron chi connectivity index (χ0n) is 23.0. The third-order valence-electron chi connectivity index (χ3n) is 10.6. The zero-order valence-corrected chi connectivity index (χ0v) is 23.8. The van der Waals surface area contributed by atoms with Gasteiger partial charge in [0, 0.05) is 17.8 Å². The Morgan fingerprint density at radius 1 is 1.14 bits per heavy atom. The average molecular weight is 535 g/mol. The van der Waals surface area contributed by atoms with Crippen LogP contribution >= 0.6 is 0 Å². The molecular weight excluding hydrogens is 492 g/mol. The predicted octanol–water partition coefficient (Wildman–Crippen LogP) is 4.83. The van der Waals surface area contributed by atoms with Gasteiger partial charge in [-0.1, -0.05) is 52.3 Å². The maximum absolute atomic E-state index is 13.5. The van der Waals surface area contributed by atoms with Crippen LogP contribution in [0.4, 0.5) is 0 Å². The van der Waals surface area contributed by atoms with E-state index in [9.17, 15) is 23.1 Å². The summed E-state index contributed by atoms with van der Waals surface area (Å²) in [6, 6.07) is 6.21. The van der Waals surface area contributed by atoms with Gasteiger partial charge in [0.05, 0.1) is 11.0 Å². The summed E-state index contributed by atoms with van der Waals surface area (Å²) in [5, 5.41) is 11.6. The Hall–Kier alpha value is -1.77. The minimum absolute atomic E-state index is 0.0262. The summed E-state index contributed by atoms with van der Waals surface area (Å²) in [6.07, 6.45) is 2.75. The van der Waals surface area contributed by atoms with Crippen LogP contribution in [-0.4, -0.2) is 44.1 Å². The molecule has 3 fully saturated rings. The highest BCUT2D eigenvalue weighted by molar-refractivity contribution is 7.86. The molecule has 2 bridgehead atoms. The fraction of sp³-hybridized carbons (Fsp3) is 0.724.